The van der Waals surface area contributed by atoms with Gasteiger partial charge in [-0.1, -0.05) is 23.3 Å². The van der Waals surface area contributed by atoms with Gasteiger partial charge in [0.25, 0.3) is 5.78 Å². The number of hydrogen-bond acceptors (Lipinski definition) is 7. The van der Waals surface area contributed by atoms with E-state index in [1.54, 1.807) is 0 Å². The molecule has 0 aliphatic carbocycles. The van der Waals surface area contributed by atoms with Crippen molar-refractivity contribution in [2.45, 2.75) is 0 Å². The van der Waals surface area contributed by atoms with Crippen LogP contribution in [0.15, 0.2) is 30.3 Å². The lowest BCUT2D eigenvalue weighted by atomic mass is 10.3. The Morgan fingerprint density at radius 3 is 2.76 bits per heavy atom. The fraction of sp³-hybridized carbons (Fsp3) is 0. The van der Waals surface area contributed by atoms with Crippen LogP contribution >= 0.6 is 0 Å². The Morgan fingerprint density at radius 1 is 1.12 bits per heavy atom. The lowest BCUT2D eigenvalue weighted by Gasteiger charge is -2.08. The third-order valence-electron chi connectivity index (χ3n) is 2.07. The highest BCUT2D eigenvalue weighted by molar-refractivity contribution is 5.54. The van der Waals surface area contributed by atoms with Gasteiger partial charge in [0.15, 0.2) is 0 Å². The van der Waals surface area contributed by atoms with Gasteiger partial charge in [-0.2, -0.15) is 9.50 Å². The summed E-state index contributed by atoms with van der Waals surface area (Å²) in [5.74, 6) is 0.284. The number of tetrazole rings is 1. The molecule has 0 radical (unpaired) electrons. The number of hydrogen-bond donors (Lipinski definition) is 1. The molecular weight excluding hydrogens is 222 g/mol. The number of aromatic nitrogens is 6. The number of para-hydroxylation sites is 1. The summed E-state index contributed by atoms with van der Waals surface area (Å²) in [6.07, 6.45) is 0. The number of rotatable bonds is 2. The van der Waals surface area contributed by atoms with Crippen molar-refractivity contribution >= 4 is 17.4 Å². The van der Waals surface area contributed by atoms with Gasteiger partial charge in [0.1, 0.15) is 0 Å². The molecule has 1 aromatic carbocycles. The van der Waals surface area contributed by atoms with Gasteiger partial charge >= 0.3 is 0 Å². The van der Waals surface area contributed by atoms with E-state index >= 15 is 0 Å². The summed E-state index contributed by atoms with van der Waals surface area (Å²) in [5.41, 5.74) is 0.781. The van der Waals surface area contributed by atoms with Crippen molar-refractivity contribution in [1.82, 2.24) is 30.0 Å². The van der Waals surface area contributed by atoms with Crippen molar-refractivity contribution in [2.24, 2.45) is 0 Å². The summed E-state index contributed by atoms with van der Waals surface area (Å²) in [6, 6.07) is 8.70. The summed E-state index contributed by atoms with van der Waals surface area (Å²) < 4.78 is 0.927. The summed E-state index contributed by atoms with van der Waals surface area (Å²) in [7, 11) is 0. The molecule has 0 fully saturated rings. The maximum atomic E-state index is 11.5. The molecule has 84 valence electrons. The lowest BCUT2D eigenvalue weighted by molar-refractivity contribution is -0.284. The van der Waals surface area contributed by atoms with Gasteiger partial charge in [0, 0.05) is 5.69 Å². The highest BCUT2D eigenvalue weighted by Crippen LogP contribution is 2.13. The first-order chi connectivity index (χ1) is 8.33. The van der Waals surface area contributed by atoms with Crippen molar-refractivity contribution in [3.63, 3.8) is 0 Å². The predicted octanol–water partition coefficient (Wildman–Crippen LogP) is -0.269. The number of nitrogens with one attached hydrogen (secondary N) is 1. The molecule has 0 aliphatic rings. The molecule has 0 saturated carbocycles. The highest BCUT2D eigenvalue weighted by Gasteiger charge is 2.04. The van der Waals surface area contributed by atoms with E-state index < -0.39 is 6.01 Å². The molecule has 8 nitrogen and oxygen atoms in total. The van der Waals surface area contributed by atoms with E-state index in [4.69, 9.17) is 0 Å². The molecule has 0 atom stereocenters. The van der Waals surface area contributed by atoms with Gasteiger partial charge in [0.05, 0.1) is 6.01 Å². The highest BCUT2D eigenvalue weighted by atomic mass is 16.3. The molecule has 0 amide bonds. The maximum absolute atomic E-state index is 11.5. The average Bonchev–Trinajstić information content (AvgIpc) is 2.79. The summed E-state index contributed by atoms with van der Waals surface area (Å²) >= 11 is 0. The Labute approximate surface area is 95.0 Å². The molecule has 3 rings (SSSR count). The predicted molar refractivity (Wildman–Crippen MR) is 55.5 cm³/mol. The van der Waals surface area contributed by atoms with Crippen molar-refractivity contribution in [1.29, 1.82) is 0 Å². The van der Waals surface area contributed by atoms with Gasteiger partial charge in [0.2, 0.25) is 5.95 Å². The fourth-order valence-electron chi connectivity index (χ4n) is 1.34. The topological polar surface area (TPSA) is 104 Å². The normalized spacial score (nSPS) is 10.6. The smallest absolute Gasteiger partial charge is 0.277 e. The first-order valence-electron chi connectivity index (χ1n) is 4.78. The van der Waals surface area contributed by atoms with Crippen molar-refractivity contribution in [2.75, 3.05) is 5.32 Å². The van der Waals surface area contributed by atoms with E-state index in [-0.39, 0.29) is 11.7 Å². The number of nitrogens with zero attached hydrogens (tertiary/aromatic N) is 6. The Morgan fingerprint density at radius 2 is 1.94 bits per heavy atom. The van der Waals surface area contributed by atoms with Crippen molar-refractivity contribution in [3.8, 4) is 6.01 Å². The third kappa shape index (κ3) is 1.71. The second kappa shape index (κ2) is 3.67. The van der Waals surface area contributed by atoms with Crippen LogP contribution in [0.3, 0.4) is 0 Å². The lowest BCUT2D eigenvalue weighted by Crippen LogP contribution is -2.08. The monoisotopic (exact) mass is 228 g/mol. The second-order valence-electron chi connectivity index (χ2n) is 3.21. The Hall–Kier alpha value is -2.77. The number of fused-ring (bicyclic) bond motifs is 1. The van der Waals surface area contributed by atoms with Crippen LogP contribution in [0, 0.1) is 0 Å². The fourth-order valence-corrected chi connectivity index (χ4v) is 1.34. The van der Waals surface area contributed by atoms with E-state index in [2.05, 4.69) is 30.8 Å². The van der Waals surface area contributed by atoms with Crippen LogP contribution in [-0.4, -0.2) is 30.0 Å². The molecule has 2 aromatic heterocycles. The van der Waals surface area contributed by atoms with E-state index in [9.17, 15) is 5.11 Å². The average molecular weight is 228 g/mol. The first-order valence-corrected chi connectivity index (χ1v) is 4.78. The maximum Gasteiger partial charge on any atom is 0.277 e. The molecule has 0 aliphatic heterocycles. The first kappa shape index (κ1) is 9.46. The number of anilines is 2. The van der Waals surface area contributed by atoms with Gasteiger partial charge in [-0.05, 0) is 22.6 Å². The Kier molecular flexibility index (Phi) is 2.04. The molecule has 0 spiro atoms. The van der Waals surface area contributed by atoms with E-state index in [1.165, 1.54) is 0 Å². The van der Waals surface area contributed by atoms with Crippen LogP contribution in [0.4, 0.5) is 11.6 Å². The van der Waals surface area contributed by atoms with E-state index in [1.807, 2.05) is 30.3 Å². The minimum atomic E-state index is -0.571. The van der Waals surface area contributed by atoms with Crippen LogP contribution in [0.2, 0.25) is 0 Å². The van der Waals surface area contributed by atoms with Gasteiger partial charge in [-0.3, -0.25) is 0 Å². The van der Waals surface area contributed by atoms with Crippen LogP contribution < -0.4 is 10.4 Å². The molecule has 0 unspecified atom stereocenters. The van der Waals surface area contributed by atoms with Crippen molar-refractivity contribution in [3.05, 3.63) is 30.3 Å². The van der Waals surface area contributed by atoms with Crippen LogP contribution in [-0.2, 0) is 0 Å². The zero-order chi connectivity index (χ0) is 11.7. The zero-order valence-corrected chi connectivity index (χ0v) is 8.48. The van der Waals surface area contributed by atoms with Gasteiger partial charge in [-0.25, -0.2) is 4.98 Å². The van der Waals surface area contributed by atoms with Crippen LogP contribution in [0.1, 0.15) is 0 Å². The Bertz CT molecular complexity index is 651. The summed E-state index contributed by atoms with van der Waals surface area (Å²) in [5, 5.41) is 24.8. The van der Waals surface area contributed by atoms with Crippen LogP contribution in [0.25, 0.3) is 5.78 Å². The SMILES string of the molecule is [O-]c1nc(Nc2ccccc2)nc2nnnn12. The quantitative estimate of drug-likeness (QED) is 0.643. The molecule has 1 N–H and O–H groups in total. The second-order valence-corrected chi connectivity index (χ2v) is 3.21. The Balaban J connectivity index is 2.01. The molecule has 0 saturated heterocycles. The largest absolute Gasteiger partial charge is 0.844 e. The van der Waals surface area contributed by atoms with E-state index in [0.717, 1.165) is 10.2 Å². The molecule has 3 aromatic rings. The van der Waals surface area contributed by atoms with Gasteiger partial charge in [-0.15, -0.1) is 0 Å². The van der Waals surface area contributed by atoms with Crippen LogP contribution in [0.5, 0.6) is 6.01 Å². The molecule has 8 heteroatoms. The molecular formula is C9H6N7O-. The zero-order valence-electron chi connectivity index (χ0n) is 8.48. The van der Waals surface area contributed by atoms with Crippen molar-refractivity contribution < 1.29 is 5.11 Å². The molecule has 2 heterocycles. The minimum Gasteiger partial charge on any atom is -0.844 e. The third-order valence-corrected chi connectivity index (χ3v) is 2.07. The molecule has 17 heavy (non-hydrogen) atoms. The molecule has 0 bridgehead atoms. The minimum absolute atomic E-state index is 0.114. The standard InChI is InChI=1S/C9H7N7O/c17-9-12-7(10-6-4-2-1-3-5-6)11-8-13-14-15-16(8)9/h1-5H,(H2,10,11,12,13,15,17)/p-1. The number of benzene rings is 1. The summed E-state index contributed by atoms with van der Waals surface area (Å²) in [6.45, 7) is 0. The van der Waals surface area contributed by atoms with E-state index in [0.29, 0.717) is 0 Å². The summed E-state index contributed by atoms with van der Waals surface area (Å²) in [4.78, 5) is 7.71. The van der Waals surface area contributed by atoms with Gasteiger partial charge < -0.3 is 10.4 Å².